The first-order valence-corrected chi connectivity index (χ1v) is 5.65. The lowest BCUT2D eigenvalue weighted by Crippen LogP contribution is -1.99. The van der Waals surface area contributed by atoms with Crippen LogP contribution in [0.4, 0.5) is 4.39 Å². The number of halogens is 1. The second-order valence-corrected chi connectivity index (χ2v) is 5.46. The Kier molecular flexibility index (Phi) is 1.79. The maximum atomic E-state index is 13.5. The molecule has 1 aromatic carbocycles. The normalized spacial score (nSPS) is 17.8. The summed E-state index contributed by atoms with van der Waals surface area (Å²) in [7, 11) is -3.40. The molecule has 1 heterocycles. The first-order chi connectivity index (χ1) is 6.44. The highest BCUT2D eigenvalue weighted by atomic mass is 32.2. The van der Waals surface area contributed by atoms with Crippen LogP contribution in [0.2, 0.25) is 0 Å². The van der Waals surface area contributed by atoms with Crippen LogP contribution < -0.4 is 0 Å². The summed E-state index contributed by atoms with van der Waals surface area (Å²) in [5, 5.41) is 0. The van der Waals surface area contributed by atoms with E-state index in [1.807, 2.05) is 0 Å². The Morgan fingerprint density at radius 3 is 2.50 bits per heavy atom. The van der Waals surface area contributed by atoms with Gasteiger partial charge in [-0.05, 0) is 31.6 Å². The van der Waals surface area contributed by atoms with Crippen molar-refractivity contribution in [1.82, 2.24) is 0 Å². The Morgan fingerprint density at radius 2 is 1.86 bits per heavy atom. The molecule has 0 bridgehead atoms. The first-order valence-electron chi connectivity index (χ1n) is 4.17. The van der Waals surface area contributed by atoms with Gasteiger partial charge in [-0.2, -0.15) is 0 Å². The second-order valence-electron chi connectivity index (χ2n) is 3.37. The molecule has 0 aliphatic carbocycles. The van der Waals surface area contributed by atoms with Gasteiger partial charge in [0.05, 0.1) is 4.90 Å². The average Bonchev–Trinajstić information content (AvgIpc) is 2.33. The molecule has 2 rings (SSSR count). The van der Waals surface area contributed by atoms with Crippen LogP contribution in [0.1, 0.15) is 18.1 Å². The highest BCUT2D eigenvalue weighted by molar-refractivity contribution is 7.95. The molecule has 0 unspecified atom stereocenters. The standard InChI is InChI=1S/C10H9FO2S/c1-6-3-4-9-8(10(6)11)5-7(2)14(9,12)13/h3-5H,1-2H3. The predicted octanol–water partition coefficient (Wildman–Crippen LogP) is 2.28. The van der Waals surface area contributed by atoms with Gasteiger partial charge in [0.1, 0.15) is 5.82 Å². The molecule has 1 aromatic rings. The van der Waals surface area contributed by atoms with Gasteiger partial charge in [-0.3, -0.25) is 0 Å². The van der Waals surface area contributed by atoms with Gasteiger partial charge in [-0.25, -0.2) is 12.8 Å². The molecule has 0 fully saturated rings. The number of allylic oxidation sites excluding steroid dienone is 1. The van der Waals surface area contributed by atoms with Crippen molar-refractivity contribution in [2.24, 2.45) is 0 Å². The van der Waals surface area contributed by atoms with E-state index in [1.54, 1.807) is 6.92 Å². The molecule has 1 aliphatic rings. The van der Waals surface area contributed by atoms with E-state index in [0.29, 0.717) is 5.56 Å². The fourth-order valence-corrected chi connectivity index (χ4v) is 2.81. The Bertz CT molecular complexity index is 541. The maximum Gasteiger partial charge on any atom is 0.203 e. The summed E-state index contributed by atoms with van der Waals surface area (Å²) in [5.41, 5.74) is 0.660. The molecular weight excluding hydrogens is 203 g/mol. The zero-order chi connectivity index (χ0) is 10.5. The molecule has 0 saturated carbocycles. The van der Waals surface area contributed by atoms with Crippen LogP contribution in [0.3, 0.4) is 0 Å². The van der Waals surface area contributed by atoms with Gasteiger partial charge in [0.2, 0.25) is 9.84 Å². The van der Waals surface area contributed by atoms with Crippen molar-refractivity contribution in [2.75, 3.05) is 0 Å². The molecule has 4 heteroatoms. The van der Waals surface area contributed by atoms with E-state index < -0.39 is 15.7 Å². The lowest BCUT2D eigenvalue weighted by molar-refractivity contribution is 0.595. The summed E-state index contributed by atoms with van der Waals surface area (Å²) < 4.78 is 36.7. The van der Waals surface area contributed by atoms with E-state index in [1.165, 1.54) is 25.1 Å². The zero-order valence-electron chi connectivity index (χ0n) is 7.83. The quantitative estimate of drug-likeness (QED) is 0.661. The smallest absolute Gasteiger partial charge is 0.203 e. The lowest BCUT2D eigenvalue weighted by Gasteiger charge is -2.02. The van der Waals surface area contributed by atoms with Crippen LogP contribution in [-0.4, -0.2) is 8.42 Å². The molecule has 0 N–H and O–H groups in total. The first kappa shape index (κ1) is 9.40. The van der Waals surface area contributed by atoms with Crippen molar-refractivity contribution in [3.8, 4) is 0 Å². The molecule has 0 aromatic heterocycles. The van der Waals surface area contributed by atoms with Gasteiger partial charge in [-0.1, -0.05) is 6.07 Å². The third-order valence-electron chi connectivity index (χ3n) is 2.39. The third-order valence-corrected chi connectivity index (χ3v) is 4.29. The minimum atomic E-state index is -3.40. The van der Waals surface area contributed by atoms with Crippen LogP contribution in [0.15, 0.2) is 21.9 Å². The summed E-state index contributed by atoms with van der Waals surface area (Å²) in [6.07, 6.45) is 1.38. The summed E-state index contributed by atoms with van der Waals surface area (Å²) in [6, 6.07) is 2.94. The van der Waals surface area contributed by atoms with Gasteiger partial charge in [0.15, 0.2) is 0 Å². The highest BCUT2D eigenvalue weighted by Crippen LogP contribution is 2.34. The van der Waals surface area contributed by atoms with Gasteiger partial charge < -0.3 is 0 Å². The summed E-state index contributed by atoms with van der Waals surface area (Å²) in [6.45, 7) is 3.09. The van der Waals surface area contributed by atoms with E-state index >= 15 is 0 Å². The van der Waals surface area contributed by atoms with E-state index in [0.717, 1.165) is 0 Å². The molecule has 0 amide bonds. The van der Waals surface area contributed by atoms with Gasteiger partial charge in [0, 0.05) is 10.5 Å². The van der Waals surface area contributed by atoms with E-state index in [2.05, 4.69) is 0 Å². The molecule has 14 heavy (non-hydrogen) atoms. The highest BCUT2D eigenvalue weighted by Gasteiger charge is 2.28. The molecule has 0 atom stereocenters. The van der Waals surface area contributed by atoms with E-state index in [4.69, 9.17) is 0 Å². The lowest BCUT2D eigenvalue weighted by atomic mass is 10.1. The molecule has 0 spiro atoms. The number of hydrogen-bond acceptors (Lipinski definition) is 2. The molecule has 0 saturated heterocycles. The SMILES string of the molecule is CC1=Cc2c(ccc(C)c2F)S1(=O)=O. The Labute approximate surface area is 82.0 Å². The van der Waals surface area contributed by atoms with Crippen molar-refractivity contribution in [1.29, 1.82) is 0 Å². The number of hydrogen-bond donors (Lipinski definition) is 0. The molecule has 2 nitrogen and oxygen atoms in total. The van der Waals surface area contributed by atoms with Gasteiger partial charge >= 0.3 is 0 Å². The minimum Gasteiger partial charge on any atom is -0.219 e. The fourth-order valence-electron chi connectivity index (χ4n) is 1.51. The monoisotopic (exact) mass is 212 g/mol. The zero-order valence-corrected chi connectivity index (χ0v) is 8.65. The van der Waals surface area contributed by atoms with Crippen molar-refractivity contribution in [3.63, 3.8) is 0 Å². The summed E-state index contributed by atoms with van der Waals surface area (Å²) >= 11 is 0. The third kappa shape index (κ3) is 1.04. The maximum absolute atomic E-state index is 13.5. The molecule has 1 aliphatic heterocycles. The van der Waals surface area contributed by atoms with Crippen molar-refractivity contribution in [3.05, 3.63) is 34.0 Å². The van der Waals surface area contributed by atoms with Crippen molar-refractivity contribution < 1.29 is 12.8 Å². The molecule has 74 valence electrons. The number of benzene rings is 1. The largest absolute Gasteiger partial charge is 0.219 e. The number of aryl methyl sites for hydroxylation is 1. The number of sulfone groups is 1. The van der Waals surface area contributed by atoms with E-state index in [-0.39, 0.29) is 15.4 Å². The Hall–Kier alpha value is -1.16. The van der Waals surface area contributed by atoms with Crippen LogP contribution >= 0.6 is 0 Å². The second kappa shape index (κ2) is 2.67. The van der Waals surface area contributed by atoms with Crippen LogP contribution in [0.25, 0.3) is 6.08 Å². The Balaban J connectivity index is 2.87. The molecule has 0 radical (unpaired) electrons. The molecular formula is C10H9FO2S. The van der Waals surface area contributed by atoms with Gasteiger partial charge in [-0.15, -0.1) is 0 Å². The van der Waals surface area contributed by atoms with Crippen molar-refractivity contribution >= 4 is 15.9 Å². The topological polar surface area (TPSA) is 34.1 Å². The number of fused-ring (bicyclic) bond motifs is 1. The predicted molar refractivity (Wildman–Crippen MR) is 52.0 cm³/mol. The van der Waals surface area contributed by atoms with Crippen LogP contribution in [-0.2, 0) is 9.84 Å². The average molecular weight is 212 g/mol. The fraction of sp³-hybridized carbons (Fsp3) is 0.200. The van der Waals surface area contributed by atoms with E-state index in [9.17, 15) is 12.8 Å². The minimum absolute atomic E-state index is 0.0816. The summed E-state index contributed by atoms with van der Waals surface area (Å²) in [5.74, 6) is -0.442. The van der Waals surface area contributed by atoms with Crippen LogP contribution in [0.5, 0.6) is 0 Å². The Morgan fingerprint density at radius 1 is 1.21 bits per heavy atom. The van der Waals surface area contributed by atoms with Crippen molar-refractivity contribution in [2.45, 2.75) is 18.7 Å². The number of rotatable bonds is 0. The van der Waals surface area contributed by atoms with Crippen LogP contribution in [0, 0.1) is 12.7 Å². The van der Waals surface area contributed by atoms with Gasteiger partial charge in [0.25, 0.3) is 0 Å². The summed E-state index contributed by atoms with van der Waals surface area (Å²) in [4.78, 5) is 0.287.